The highest BCUT2D eigenvalue weighted by molar-refractivity contribution is 5.80. The van der Waals surface area contributed by atoms with Gasteiger partial charge in [-0.2, -0.15) is 0 Å². The minimum Gasteiger partial charge on any atom is -0.356 e. The molecule has 0 bridgehead atoms. The van der Waals surface area contributed by atoms with Gasteiger partial charge in [-0.25, -0.2) is 0 Å². The molecule has 3 fully saturated rings. The fourth-order valence-electron chi connectivity index (χ4n) is 4.49. The summed E-state index contributed by atoms with van der Waals surface area (Å²) in [6, 6.07) is 2.15. The van der Waals surface area contributed by atoms with Gasteiger partial charge in [0.1, 0.15) is 0 Å². The number of nitrogens with one attached hydrogen (secondary N) is 2. The minimum absolute atomic E-state index is 0.556. The van der Waals surface area contributed by atoms with Gasteiger partial charge in [-0.3, -0.25) is 9.89 Å². The zero-order chi connectivity index (χ0) is 17.5. The van der Waals surface area contributed by atoms with E-state index in [9.17, 15) is 0 Å². The number of hydrogen-bond acceptors (Lipinski definition) is 3. The molecule has 1 saturated carbocycles. The van der Waals surface area contributed by atoms with Gasteiger partial charge in [-0.05, 0) is 71.5 Å². The topological polar surface area (TPSA) is 42.9 Å². The lowest BCUT2D eigenvalue weighted by atomic mass is 10.1. The van der Waals surface area contributed by atoms with Crippen LogP contribution in [0.4, 0.5) is 0 Å². The Hall–Kier alpha value is -0.810. The molecule has 2 N–H and O–H groups in total. The maximum atomic E-state index is 4.42. The summed E-state index contributed by atoms with van der Waals surface area (Å²) in [6.45, 7) is 8.54. The van der Waals surface area contributed by atoms with E-state index in [2.05, 4.69) is 32.3 Å². The highest BCUT2D eigenvalue weighted by Crippen LogP contribution is 2.33. The zero-order valence-electron chi connectivity index (χ0n) is 16.5. The zero-order valence-corrected chi connectivity index (χ0v) is 16.5. The van der Waals surface area contributed by atoms with Crippen molar-refractivity contribution in [3.8, 4) is 0 Å². The summed E-state index contributed by atoms with van der Waals surface area (Å²) in [4.78, 5) is 9.75. The average molecular weight is 350 g/mol. The van der Waals surface area contributed by atoms with Crippen molar-refractivity contribution in [1.29, 1.82) is 0 Å². The van der Waals surface area contributed by atoms with Gasteiger partial charge in [-0.15, -0.1) is 0 Å². The number of guanidine groups is 1. The fourth-order valence-corrected chi connectivity index (χ4v) is 4.49. The molecule has 0 spiro atoms. The van der Waals surface area contributed by atoms with E-state index in [1.165, 1.54) is 84.0 Å². The second-order valence-corrected chi connectivity index (χ2v) is 8.32. The highest BCUT2D eigenvalue weighted by atomic mass is 15.3. The van der Waals surface area contributed by atoms with Gasteiger partial charge in [0.05, 0.1) is 0 Å². The molecule has 0 aromatic heterocycles. The standard InChI is InChI=1S/C20H39N5/c1-17-15-18(16-25(17)19-9-10-19)23-20(21-2)22-11-5-3-6-12-24-13-7-4-8-14-24/h17-19H,3-16H2,1-2H3,(H2,21,22,23). The molecule has 0 radical (unpaired) electrons. The number of nitrogens with zero attached hydrogens (tertiary/aromatic N) is 3. The molecule has 5 nitrogen and oxygen atoms in total. The van der Waals surface area contributed by atoms with Crippen LogP contribution in [0.3, 0.4) is 0 Å². The Bertz CT molecular complexity index is 414. The Labute approximate surface area is 154 Å². The predicted octanol–water partition coefficient (Wildman–Crippen LogP) is 2.43. The van der Waals surface area contributed by atoms with Crippen LogP contribution < -0.4 is 10.6 Å². The van der Waals surface area contributed by atoms with Crippen molar-refractivity contribution < 1.29 is 0 Å². The van der Waals surface area contributed by atoms with Crippen molar-refractivity contribution in [3.05, 3.63) is 0 Å². The van der Waals surface area contributed by atoms with Crippen molar-refractivity contribution in [1.82, 2.24) is 20.4 Å². The van der Waals surface area contributed by atoms with Crippen LogP contribution in [0, 0.1) is 0 Å². The number of unbranched alkanes of at least 4 members (excludes halogenated alkanes) is 2. The normalized spacial score (nSPS) is 29.1. The third kappa shape index (κ3) is 6.14. The smallest absolute Gasteiger partial charge is 0.191 e. The molecule has 3 rings (SSSR count). The summed E-state index contributed by atoms with van der Waals surface area (Å²) in [5.74, 6) is 0.992. The Morgan fingerprint density at radius 2 is 1.88 bits per heavy atom. The molecule has 2 heterocycles. The molecule has 144 valence electrons. The van der Waals surface area contributed by atoms with E-state index in [4.69, 9.17) is 0 Å². The van der Waals surface area contributed by atoms with Crippen molar-refractivity contribution >= 4 is 5.96 Å². The monoisotopic (exact) mass is 349 g/mol. The van der Waals surface area contributed by atoms with E-state index in [1.54, 1.807) is 0 Å². The van der Waals surface area contributed by atoms with Gasteiger partial charge in [0.15, 0.2) is 5.96 Å². The third-order valence-corrected chi connectivity index (χ3v) is 6.10. The molecule has 2 unspecified atom stereocenters. The van der Waals surface area contributed by atoms with Crippen LogP contribution in [0.25, 0.3) is 0 Å². The molecule has 0 amide bonds. The van der Waals surface area contributed by atoms with Crippen molar-refractivity contribution in [2.45, 2.75) is 82.8 Å². The van der Waals surface area contributed by atoms with E-state index in [0.717, 1.165) is 24.6 Å². The molecule has 2 saturated heterocycles. The number of piperidine rings is 1. The molecule has 1 aliphatic carbocycles. The first-order valence-corrected chi connectivity index (χ1v) is 10.7. The maximum absolute atomic E-state index is 4.42. The molecule has 5 heteroatoms. The van der Waals surface area contributed by atoms with Crippen LogP contribution in [0.1, 0.15) is 64.7 Å². The molecule has 3 aliphatic rings. The Morgan fingerprint density at radius 1 is 1.08 bits per heavy atom. The van der Waals surface area contributed by atoms with Crippen LogP contribution in [-0.4, -0.2) is 73.7 Å². The van der Waals surface area contributed by atoms with E-state index in [1.807, 2.05) is 7.05 Å². The van der Waals surface area contributed by atoms with E-state index in [-0.39, 0.29) is 0 Å². The van der Waals surface area contributed by atoms with E-state index in [0.29, 0.717) is 6.04 Å². The number of hydrogen-bond donors (Lipinski definition) is 2. The minimum atomic E-state index is 0.556. The van der Waals surface area contributed by atoms with Crippen molar-refractivity contribution in [2.24, 2.45) is 4.99 Å². The largest absolute Gasteiger partial charge is 0.356 e. The second-order valence-electron chi connectivity index (χ2n) is 8.32. The molecule has 0 aromatic rings. The lowest BCUT2D eigenvalue weighted by Crippen LogP contribution is -2.45. The van der Waals surface area contributed by atoms with Gasteiger partial charge < -0.3 is 15.5 Å². The van der Waals surface area contributed by atoms with Gasteiger partial charge in [0, 0.05) is 38.3 Å². The van der Waals surface area contributed by atoms with Crippen LogP contribution in [0.2, 0.25) is 0 Å². The average Bonchev–Trinajstić information content (AvgIpc) is 3.41. The fraction of sp³-hybridized carbons (Fsp3) is 0.950. The van der Waals surface area contributed by atoms with E-state index >= 15 is 0 Å². The van der Waals surface area contributed by atoms with Crippen molar-refractivity contribution in [3.63, 3.8) is 0 Å². The SMILES string of the molecule is CN=C(NCCCCCN1CCCCC1)NC1CC(C)N(C2CC2)C1. The number of aliphatic imine (C=N–C) groups is 1. The lowest BCUT2D eigenvalue weighted by molar-refractivity contribution is 0.224. The molecular weight excluding hydrogens is 310 g/mol. The van der Waals surface area contributed by atoms with Gasteiger partial charge in [0.25, 0.3) is 0 Å². The second kappa shape index (κ2) is 9.77. The van der Waals surface area contributed by atoms with E-state index < -0.39 is 0 Å². The summed E-state index contributed by atoms with van der Waals surface area (Å²) in [6.07, 6.45) is 12.2. The molecular formula is C20H39N5. The number of likely N-dealkylation sites (tertiary alicyclic amines) is 2. The van der Waals surface area contributed by atoms with Crippen LogP contribution in [0.5, 0.6) is 0 Å². The summed E-state index contributed by atoms with van der Waals surface area (Å²) in [5, 5.41) is 7.16. The highest BCUT2D eigenvalue weighted by Gasteiger charge is 2.38. The third-order valence-electron chi connectivity index (χ3n) is 6.10. The summed E-state index contributed by atoms with van der Waals surface area (Å²) < 4.78 is 0. The summed E-state index contributed by atoms with van der Waals surface area (Å²) in [5.41, 5.74) is 0. The van der Waals surface area contributed by atoms with Gasteiger partial charge in [0.2, 0.25) is 0 Å². The van der Waals surface area contributed by atoms with Gasteiger partial charge >= 0.3 is 0 Å². The summed E-state index contributed by atoms with van der Waals surface area (Å²) in [7, 11) is 1.89. The van der Waals surface area contributed by atoms with Crippen molar-refractivity contribution in [2.75, 3.05) is 39.8 Å². The van der Waals surface area contributed by atoms with Crippen LogP contribution in [0.15, 0.2) is 4.99 Å². The maximum Gasteiger partial charge on any atom is 0.191 e. The van der Waals surface area contributed by atoms with Gasteiger partial charge in [-0.1, -0.05) is 12.8 Å². The van der Waals surface area contributed by atoms with Crippen LogP contribution in [-0.2, 0) is 0 Å². The molecule has 0 aromatic carbocycles. The Morgan fingerprint density at radius 3 is 2.60 bits per heavy atom. The first kappa shape index (κ1) is 19.0. The molecule has 2 atom stereocenters. The Balaban J connectivity index is 1.24. The first-order valence-electron chi connectivity index (χ1n) is 10.7. The van der Waals surface area contributed by atoms with Crippen LogP contribution >= 0.6 is 0 Å². The summed E-state index contributed by atoms with van der Waals surface area (Å²) >= 11 is 0. The number of rotatable bonds is 8. The quantitative estimate of drug-likeness (QED) is 0.401. The lowest BCUT2D eigenvalue weighted by Gasteiger charge is -2.26. The predicted molar refractivity (Wildman–Crippen MR) is 106 cm³/mol. The Kier molecular flexibility index (Phi) is 7.41. The molecule has 25 heavy (non-hydrogen) atoms. The first-order chi connectivity index (χ1) is 12.3. The molecule has 2 aliphatic heterocycles.